The van der Waals surface area contributed by atoms with E-state index in [4.69, 9.17) is 0 Å². The molecule has 0 radical (unpaired) electrons. The van der Waals surface area contributed by atoms with E-state index in [1.807, 2.05) is 0 Å². The topological polar surface area (TPSA) is 12.4 Å². The number of hydrogen-bond acceptors (Lipinski definition) is 1. The zero-order valence-corrected chi connectivity index (χ0v) is 13.7. The van der Waals surface area contributed by atoms with Gasteiger partial charge in [0.1, 0.15) is 5.70 Å². The minimum Gasteiger partial charge on any atom is -0.248 e. The molecule has 0 saturated carbocycles. The van der Waals surface area contributed by atoms with Gasteiger partial charge in [0.25, 0.3) is 0 Å². The lowest BCUT2D eigenvalue weighted by Crippen LogP contribution is -2.12. The summed E-state index contributed by atoms with van der Waals surface area (Å²) >= 11 is 0. The molecule has 122 valence electrons. The second-order valence-electron chi connectivity index (χ2n) is 4.73. The Morgan fingerprint density at radius 1 is 1.14 bits per heavy atom. The summed E-state index contributed by atoms with van der Waals surface area (Å²) in [5.74, 6) is 0. The Labute approximate surface area is 131 Å². The molecule has 0 saturated heterocycles. The fraction of sp³-hybridized carbons (Fsp3) is 0.389. The van der Waals surface area contributed by atoms with Crippen molar-refractivity contribution >= 4 is 11.8 Å². The summed E-state index contributed by atoms with van der Waals surface area (Å²) in [6.45, 7) is 11.1. The Morgan fingerprint density at radius 2 is 1.64 bits per heavy atom. The predicted octanol–water partition coefficient (Wildman–Crippen LogP) is 6.41. The van der Waals surface area contributed by atoms with E-state index in [2.05, 4.69) is 25.4 Å². The predicted molar refractivity (Wildman–Crippen MR) is 89.1 cm³/mol. The van der Waals surface area contributed by atoms with Crippen LogP contribution in [0.5, 0.6) is 0 Å². The van der Waals surface area contributed by atoms with Crippen molar-refractivity contribution in [1.29, 1.82) is 0 Å². The summed E-state index contributed by atoms with van der Waals surface area (Å²) in [5.41, 5.74) is 1.07. The smallest absolute Gasteiger partial charge is 0.248 e. The molecule has 0 heterocycles. The lowest BCUT2D eigenvalue weighted by molar-refractivity contribution is -0.0925. The average molecular weight is 311 g/mol. The van der Waals surface area contributed by atoms with Crippen LogP contribution in [-0.4, -0.2) is 11.9 Å². The van der Waals surface area contributed by atoms with Crippen LogP contribution in [0, 0.1) is 0 Å². The summed E-state index contributed by atoms with van der Waals surface area (Å²) < 4.78 is 38.1. The van der Waals surface area contributed by atoms with Crippen LogP contribution in [0.1, 0.15) is 51.7 Å². The second-order valence-corrected chi connectivity index (χ2v) is 4.73. The largest absolute Gasteiger partial charge is 0.433 e. The van der Waals surface area contributed by atoms with Gasteiger partial charge >= 0.3 is 6.18 Å². The number of halogens is 3. The number of alkyl halides is 3. The van der Waals surface area contributed by atoms with E-state index in [0.717, 1.165) is 11.6 Å². The lowest BCUT2D eigenvalue weighted by Gasteiger charge is -2.09. The van der Waals surface area contributed by atoms with Gasteiger partial charge in [-0.3, -0.25) is 0 Å². The number of rotatable bonds is 4. The summed E-state index contributed by atoms with van der Waals surface area (Å²) in [5, 5.41) is 0. The van der Waals surface area contributed by atoms with Crippen molar-refractivity contribution < 1.29 is 13.2 Å². The molecular formula is C18H24F3N. The van der Waals surface area contributed by atoms with E-state index in [9.17, 15) is 13.2 Å². The van der Waals surface area contributed by atoms with Crippen LogP contribution in [0.3, 0.4) is 0 Å². The summed E-state index contributed by atoms with van der Waals surface area (Å²) in [6, 6.07) is 7.04. The van der Waals surface area contributed by atoms with E-state index in [0.29, 0.717) is 17.7 Å². The third kappa shape index (κ3) is 7.25. The maximum Gasteiger partial charge on any atom is 0.433 e. The number of allylic oxidation sites excluding steroid dienone is 2. The standard InChI is InChI=1S/C15H16F3N.C3H8/c1-4-6-14(15(16,17)18)19-11(3)13-9-7-12(5-2)8-10-13;1-3-2/h5-10H,2,4H2,1,3H3;3H2,1-2H3/b14-6-,19-11?;. The minimum atomic E-state index is -4.42. The van der Waals surface area contributed by atoms with Crippen molar-refractivity contribution in [2.24, 2.45) is 4.99 Å². The van der Waals surface area contributed by atoms with E-state index >= 15 is 0 Å². The number of aliphatic imine (C=N–C) groups is 1. The first kappa shape index (κ1) is 20.2. The van der Waals surface area contributed by atoms with E-state index in [1.54, 1.807) is 44.2 Å². The van der Waals surface area contributed by atoms with Crippen LogP contribution < -0.4 is 0 Å². The quantitative estimate of drug-likeness (QED) is 0.570. The molecule has 0 spiro atoms. The molecule has 0 fully saturated rings. The lowest BCUT2D eigenvalue weighted by atomic mass is 10.1. The van der Waals surface area contributed by atoms with Gasteiger partial charge in [0.15, 0.2) is 0 Å². The SMILES string of the molecule is C=Cc1ccc(C(C)=N/C(=C\CC)C(F)(F)F)cc1.CCC. The van der Waals surface area contributed by atoms with Gasteiger partial charge in [0.2, 0.25) is 0 Å². The first-order chi connectivity index (χ1) is 10.3. The van der Waals surface area contributed by atoms with Gasteiger partial charge in [0, 0.05) is 5.71 Å². The Hall–Kier alpha value is -1.84. The first-order valence-corrected chi connectivity index (χ1v) is 7.35. The van der Waals surface area contributed by atoms with E-state index < -0.39 is 11.9 Å². The van der Waals surface area contributed by atoms with Crippen LogP contribution in [0.4, 0.5) is 13.2 Å². The summed E-state index contributed by atoms with van der Waals surface area (Å²) in [4.78, 5) is 3.69. The van der Waals surface area contributed by atoms with Crippen molar-refractivity contribution in [3.05, 3.63) is 53.7 Å². The average Bonchev–Trinajstić information content (AvgIpc) is 2.46. The number of benzene rings is 1. The van der Waals surface area contributed by atoms with Gasteiger partial charge in [-0.2, -0.15) is 13.2 Å². The zero-order chi connectivity index (χ0) is 17.2. The first-order valence-electron chi connectivity index (χ1n) is 7.35. The van der Waals surface area contributed by atoms with Crippen molar-refractivity contribution in [3.63, 3.8) is 0 Å². The monoisotopic (exact) mass is 311 g/mol. The van der Waals surface area contributed by atoms with Crippen LogP contribution in [0.25, 0.3) is 6.08 Å². The molecule has 0 aliphatic carbocycles. The highest BCUT2D eigenvalue weighted by Gasteiger charge is 2.33. The van der Waals surface area contributed by atoms with Crippen molar-refractivity contribution in [1.82, 2.24) is 0 Å². The Morgan fingerprint density at radius 3 is 2.00 bits per heavy atom. The van der Waals surface area contributed by atoms with Crippen molar-refractivity contribution in [2.75, 3.05) is 0 Å². The molecule has 22 heavy (non-hydrogen) atoms. The highest BCUT2D eigenvalue weighted by Crippen LogP contribution is 2.27. The fourth-order valence-corrected chi connectivity index (χ4v) is 1.52. The molecule has 0 amide bonds. The van der Waals surface area contributed by atoms with Gasteiger partial charge in [0.05, 0.1) is 0 Å². The maximum atomic E-state index is 12.7. The maximum absolute atomic E-state index is 12.7. The van der Waals surface area contributed by atoms with Crippen LogP contribution in [0.2, 0.25) is 0 Å². The normalized spacial score (nSPS) is 12.5. The van der Waals surface area contributed by atoms with Crippen LogP contribution in [0.15, 0.2) is 47.6 Å². The van der Waals surface area contributed by atoms with Gasteiger partial charge in [-0.15, -0.1) is 0 Å². The molecule has 0 aliphatic rings. The molecule has 1 rings (SSSR count). The fourth-order valence-electron chi connectivity index (χ4n) is 1.52. The molecule has 4 heteroatoms. The summed E-state index contributed by atoms with van der Waals surface area (Å²) in [6.07, 6.45) is -0.116. The summed E-state index contributed by atoms with van der Waals surface area (Å²) in [7, 11) is 0. The molecule has 1 nitrogen and oxygen atoms in total. The second kappa shape index (κ2) is 9.98. The highest BCUT2D eigenvalue weighted by atomic mass is 19.4. The molecule has 0 aliphatic heterocycles. The van der Waals surface area contributed by atoms with Crippen molar-refractivity contribution in [3.8, 4) is 0 Å². The Bertz CT molecular complexity index is 508. The third-order valence-corrected chi connectivity index (χ3v) is 2.54. The van der Waals surface area contributed by atoms with Gasteiger partial charge in [-0.1, -0.05) is 70.2 Å². The molecule has 0 N–H and O–H groups in total. The van der Waals surface area contributed by atoms with Gasteiger partial charge in [-0.25, -0.2) is 4.99 Å². The Balaban J connectivity index is 0.00000135. The van der Waals surface area contributed by atoms with E-state index in [1.165, 1.54) is 6.42 Å². The zero-order valence-electron chi connectivity index (χ0n) is 13.7. The minimum absolute atomic E-state index is 0.293. The van der Waals surface area contributed by atoms with E-state index in [-0.39, 0.29) is 0 Å². The highest BCUT2D eigenvalue weighted by molar-refractivity contribution is 5.99. The molecule has 1 aromatic rings. The Kier molecular flexibility index (Phi) is 9.15. The van der Waals surface area contributed by atoms with Crippen LogP contribution in [-0.2, 0) is 0 Å². The van der Waals surface area contributed by atoms with Gasteiger partial charge in [-0.05, 0) is 24.5 Å². The van der Waals surface area contributed by atoms with Crippen LogP contribution >= 0.6 is 0 Å². The molecule has 0 bridgehead atoms. The van der Waals surface area contributed by atoms with Crippen molar-refractivity contribution in [2.45, 2.75) is 46.7 Å². The molecule has 0 atom stereocenters. The number of hydrogen-bond donors (Lipinski definition) is 0. The third-order valence-electron chi connectivity index (χ3n) is 2.54. The molecule has 0 aromatic heterocycles. The molecular weight excluding hydrogens is 287 g/mol. The molecule has 1 aromatic carbocycles. The molecule has 0 unspecified atom stereocenters. The van der Waals surface area contributed by atoms with Gasteiger partial charge < -0.3 is 0 Å². The number of nitrogens with zero attached hydrogens (tertiary/aromatic N) is 1.